The first-order valence-corrected chi connectivity index (χ1v) is 7.40. The molecule has 0 fully saturated rings. The van der Waals surface area contributed by atoms with Gasteiger partial charge >= 0.3 is 6.03 Å². The minimum atomic E-state index is -0.235. The predicted molar refractivity (Wildman–Crippen MR) is 82.2 cm³/mol. The van der Waals surface area contributed by atoms with Crippen molar-refractivity contribution in [3.63, 3.8) is 0 Å². The number of ether oxygens (including phenoxy) is 2. The number of nitrogens with one attached hydrogen (secondary N) is 2. The van der Waals surface area contributed by atoms with Gasteiger partial charge in [-0.25, -0.2) is 4.79 Å². The number of aromatic nitrogens is 3. The molecule has 0 saturated carbocycles. The zero-order chi connectivity index (χ0) is 16.2. The fourth-order valence-electron chi connectivity index (χ4n) is 2.41. The van der Waals surface area contributed by atoms with Crippen molar-refractivity contribution in [1.82, 2.24) is 25.4 Å². The molecule has 0 aliphatic carbocycles. The Kier molecular flexibility index (Phi) is 4.31. The zero-order valence-electron chi connectivity index (χ0n) is 13.1. The first kappa shape index (κ1) is 15.1. The van der Waals surface area contributed by atoms with Gasteiger partial charge in [-0.05, 0) is 31.0 Å². The molecule has 0 saturated heterocycles. The Balaban J connectivity index is 1.45. The summed E-state index contributed by atoms with van der Waals surface area (Å²) >= 11 is 0. The number of hydrogen-bond donors (Lipinski definition) is 2. The molecule has 8 heteroatoms. The SMILES string of the molecule is CC(NC(=O)NCCc1ccc2c(c1)OCO2)c1nncn1C. The van der Waals surface area contributed by atoms with Crippen molar-refractivity contribution in [2.24, 2.45) is 7.05 Å². The van der Waals surface area contributed by atoms with Crippen LogP contribution in [0.1, 0.15) is 24.4 Å². The highest BCUT2D eigenvalue weighted by molar-refractivity contribution is 5.74. The molecule has 8 nitrogen and oxygen atoms in total. The van der Waals surface area contributed by atoms with Crippen LogP contribution < -0.4 is 20.1 Å². The van der Waals surface area contributed by atoms with Crippen LogP contribution in [0.15, 0.2) is 24.5 Å². The lowest BCUT2D eigenvalue weighted by Crippen LogP contribution is -2.38. The Morgan fingerprint density at radius 2 is 2.22 bits per heavy atom. The number of carbonyl (C=O) groups excluding carboxylic acids is 1. The number of carbonyl (C=O) groups is 1. The van der Waals surface area contributed by atoms with Crippen LogP contribution in [-0.2, 0) is 13.5 Å². The number of amides is 2. The summed E-state index contributed by atoms with van der Waals surface area (Å²) in [5.74, 6) is 2.22. The Morgan fingerprint density at radius 3 is 3.00 bits per heavy atom. The maximum absolute atomic E-state index is 11.9. The van der Waals surface area contributed by atoms with E-state index in [-0.39, 0.29) is 18.9 Å². The average Bonchev–Trinajstić information content (AvgIpc) is 3.15. The first-order chi connectivity index (χ1) is 11.1. The molecule has 1 aromatic carbocycles. The molecule has 3 rings (SSSR count). The van der Waals surface area contributed by atoms with E-state index in [0.717, 1.165) is 17.1 Å². The van der Waals surface area contributed by atoms with Crippen molar-refractivity contribution in [3.8, 4) is 11.5 Å². The molecule has 0 radical (unpaired) electrons. The Morgan fingerprint density at radius 1 is 1.39 bits per heavy atom. The Bertz CT molecular complexity index is 700. The molecule has 0 spiro atoms. The van der Waals surface area contributed by atoms with Gasteiger partial charge in [-0.15, -0.1) is 10.2 Å². The van der Waals surface area contributed by atoms with Gasteiger partial charge in [-0.2, -0.15) is 0 Å². The standard InChI is InChI=1S/C15H19N5O3/c1-10(14-19-17-8-20(14)2)18-15(21)16-6-5-11-3-4-12-13(7-11)23-9-22-12/h3-4,7-8,10H,5-6,9H2,1-2H3,(H2,16,18,21). The highest BCUT2D eigenvalue weighted by Crippen LogP contribution is 2.32. The third-order valence-electron chi connectivity index (χ3n) is 3.62. The summed E-state index contributed by atoms with van der Waals surface area (Å²) in [4.78, 5) is 11.9. The van der Waals surface area contributed by atoms with E-state index in [1.807, 2.05) is 32.2 Å². The summed E-state index contributed by atoms with van der Waals surface area (Å²) < 4.78 is 12.4. The summed E-state index contributed by atoms with van der Waals surface area (Å²) in [7, 11) is 1.84. The van der Waals surface area contributed by atoms with Gasteiger partial charge in [-0.3, -0.25) is 0 Å². The topological polar surface area (TPSA) is 90.3 Å². The molecule has 1 atom stereocenters. The molecular weight excluding hydrogens is 298 g/mol. The van der Waals surface area contributed by atoms with E-state index in [1.165, 1.54) is 0 Å². The third kappa shape index (κ3) is 3.53. The maximum atomic E-state index is 11.9. The van der Waals surface area contributed by atoms with Crippen molar-refractivity contribution < 1.29 is 14.3 Å². The monoisotopic (exact) mass is 317 g/mol. The molecule has 0 bridgehead atoms. The predicted octanol–water partition coefficient (Wildman–Crippen LogP) is 1.15. The molecule has 2 heterocycles. The number of aryl methyl sites for hydroxylation is 1. The van der Waals surface area contributed by atoms with Crippen molar-refractivity contribution in [3.05, 3.63) is 35.9 Å². The minimum Gasteiger partial charge on any atom is -0.454 e. The average molecular weight is 317 g/mol. The van der Waals surface area contributed by atoms with Gasteiger partial charge in [0, 0.05) is 13.6 Å². The summed E-state index contributed by atoms with van der Waals surface area (Å²) in [6, 6.07) is 5.34. The second-order valence-electron chi connectivity index (χ2n) is 5.36. The van der Waals surface area contributed by atoms with E-state index in [1.54, 1.807) is 10.9 Å². The molecule has 2 aromatic rings. The Labute approximate surface area is 133 Å². The number of rotatable bonds is 5. The molecule has 1 aliphatic rings. The molecule has 1 aromatic heterocycles. The van der Waals surface area contributed by atoms with Crippen LogP contribution in [0.25, 0.3) is 0 Å². The Hall–Kier alpha value is -2.77. The van der Waals surface area contributed by atoms with Gasteiger partial charge in [0.15, 0.2) is 17.3 Å². The van der Waals surface area contributed by atoms with E-state index in [2.05, 4.69) is 20.8 Å². The van der Waals surface area contributed by atoms with Gasteiger partial charge in [0.1, 0.15) is 6.33 Å². The lowest BCUT2D eigenvalue weighted by molar-refractivity contribution is 0.174. The zero-order valence-corrected chi connectivity index (χ0v) is 13.1. The summed E-state index contributed by atoms with van der Waals surface area (Å²) in [5, 5.41) is 13.4. The lowest BCUT2D eigenvalue weighted by atomic mass is 10.1. The number of benzene rings is 1. The van der Waals surface area contributed by atoms with E-state index in [9.17, 15) is 4.79 Å². The van der Waals surface area contributed by atoms with Gasteiger partial charge in [0.2, 0.25) is 6.79 Å². The normalized spacial score (nSPS) is 13.7. The van der Waals surface area contributed by atoms with Crippen LogP contribution in [0, 0.1) is 0 Å². The molecule has 2 amide bonds. The molecule has 122 valence electrons. The van der Waals surface area contributed by atoms with Crippen molar-refractivity contribution in [2.75, 3.05) is 13.3 Å². The lowest BCUT2D eigenvalue weighted by Gasteiger charge is -2.13. The quantitative estimate of drug-likeness (QED) is 0.863. The smallest absolute Gasteiger partial charge is 0.315 e. The first-order valence-electron chi connectivity index (χ1n) is 7.40. The van der Waals surface area contributed by atoms with Crippen LogP contribution in [0.3, 0.4) is 0 Å². The van der Waals surface area contributed by atoms with E-state index < -0.39 is 0 Å². The number of urea groups is 1. The number of hydrogen-bond acceptors (Lipinski definition) is 5. The molecule has 23 heavy (non-hydrogen) atoms. The van der Waals surface area contributed by atoms with Crippen LogP contribution in [-0.4, -0.2) is 34.1 Å². The van der Waals surface area contributed by atoms with Crippen molar-refractivity contribution in [2.45, 2.75) is 19.4 Å². The van der Waals surface area contributed by atoms with Crippen molar-refractivity contribution in [1.29, 1.82) is 0 Å². The van der Waals surface area contributed by atoms with Gasteiger partial charge < -0.3 is 24.7 Å². The summed E-state index contributed by atoms with van der Waals surface area (Å²) in [5.41, 5.74) is 1.08. The van der Waals surface area contributed by atoms with E-state index in [0.29, 0.717) is 18.8 Å². The van der Waals surface area contributed by atoms with Crippen LogP contribution >= 0.6 is 0 Å². The minimum absolute atomic E-state index is 0.215. The second kappa shape index (κ2) is 6.55. The molecular formula is C15H19N5O3. The fraction of sp³-hybridized carbons (Fsp3) is 0.400. The maximum Gasteiger partial charge on any atom is 0.315 e. The number of nitrogens with zero attached hydrogens (tertiary/aromatic N) is 3. The van der Waals surface area contributed by atoms with E-state index >= 15 is 0 Å². The molecule has 2 N–H and O–H groups in total. The largest absolute Gasteiger partial charge is 0.454 e. The summed E-state index contributed by atoms with van der Waals surface area (Å²) in [6.45, 7) is 2.65. The number of fused-ring (bicyclic) bond motifs is 1. The fourth-order valence-corrected chi connectivity index (χ4v) is 2.41. The highest BCUT2D eigenvalue weighted by atomic mass is 16.7. The van der Waals surface area contributed by atoms with Crippen LogP contribution in [0.2, 0.25) is 0 Å². The third-order valence-corrected chi connectivity index (χ3v) is 3.62. The van der Waals surface area contributed by atoms with Gasteiger partial charge in [0.25, 0.3) is 0 Å². The summed E-state index contributed by atoms with van der Waals surface area (Å²) in [6.07, 6.45) is 2.31. The van der Waals surface area contributed by atoms with Crippen LogP contribution in [0.5, 0.6) is 11.5 Å². The molecule has 1 aliphatic heterocycles. The van der Waals surface area contributed by atoms with Crippen molar-refractivity contribution >= 4 is 6.03 Å². The van der Waals surface area contributed by atoms with Gasteiger partial charge in [0.05, 0.1) is 6.04 Å². The van der Waals surface area contributed by atoms with Gasteiger partial charge in [-0.1, -0.05) is 6.07 Å². The second-order valence-corrected chi connectivity index (χ2v) is 5.36. The van der Waals surface area contributed by atoms with Crippen LogP contribution in [0.4, 0.5) is 4.79 Å². The highest BCUT2D eigenvalue weighted by Gasteiger charge is 2.15. The van der Waals surface area contributed by atoms with E-state index in [4.69, 9.17) is 9.47 Å². The molecule has 1 unspecified atom stereocenters.